The highest BCUT2D eigenvalue weighted by Crippen LogP contribution is 2.30. The lowest BCUT2D eigenvalue weighted by Gasteiger charge is -2.28. The first-order valence-electron chi connectivity index (χ1n) is 8.73. The monoisotopic (exact) mass is 407 g/mol. The van der Waals surface area contributed by atoms with Crippen molar-refractivity contribution in [2.24, 2.45) is 0 Å². The number of thiazole rings is 1. The van der Waals surface area contributed by atoms with Gasteiger partial charge in [0.2, 0.25) is 0 Å². The summed E-state index contributed by atoms with van der Waals surface area (Å²) >= 11 is 1.54. The van der Waals surface area contributed by atoms with Crippen molar-refractivity contribution in [3.63, 3.8) is 0 Å². The van der Waals surface area contributed by atoms with Crippen LogP contribution >= 0.6 is 23.7 Å². The number of morpholine rings is 1. The molecule has 0 aliphatic carbocycles. The van der Waals surface area contributed by atoms with E-state index in [1.807, 2.05) is 12.1 Å². The number of nitrogens with zero attached hydrogens (tertiary/aromatic N) is 3. The van der Waals surface area contributed by atoms with E-state index in [1.165, 1.54) is 11.8 Å². The molecule has 0 unspecified atom stereocenters. The summed E-state index contributed by atoms with van der Waals surface area (Å²) in [5.41, 5.74) is 2.10. The number of furan rings is 1. The number of anilines is 1. The molecule has 0 N–H and O–H groups in total. The van der Waals surface area contributed by atoms with Gasteiger partial charge in [0.25, 0.3) is 5.91 Å². The number of aromatic nitrogens is 1. The predicted molar refractivity (Wildman–Crippen MR) is 109 cm³/mol. The van der Waals surface area contributed by atoms with Crippen LogP contribution in [0.25, 0.3) is 10.2 Å². The van der Waals surface area contributed by atoms with E-state index < -0.39 is 0 Å². The van der Waals surface area contributed by atoms with Crippen LogP contribution < -0.4 is 4.90 Å². The largest absolute Gasteiger partial charge is 0.459 e. The van der Waals surface area contributed by atoms with Gasteiger partial charge in [0.15, 0.2) is 10.9 Å². The highest BCUT2D eigenvalue weighted by molar-refractivity contribution is 7.22. The standard InChI is InChI=1S/C19H21N3O3S.ClH/c1-14-4-5-15-17(13-14)26-19(20-15)22(18(23)16-3-2-10-25-16)7-6-21-8-11-24-12-9-21;/h2-5,10,13H,6-9,11-12H2,1H3;1H. The van der Waals surface area contributed by atoms with Crippen molar-refractivity contribution in [1.82, 2.24) is 9.88 Å². The van der Waals surface area contributed by atoms with Crippen LogP contribution in [0.2, 0.25) is 0 Å². The summed E-state index contributed by atoms with van der Waals surface area (Å²) in [5, 5.41) is 0.709. The maximum absolute atomic E-state index is 13.0. The van der Waals surface area contributed by atoms with Gasteiger partial charge in [-0.2, -0.15) is 0 Å². The average Bonchev–Trinajstić information content (AvgIpc) is 3.32. The summed E-state index contributed by atoms with van der Waals surface area (Å²) in [6.07, 6.45) is 1.52. The zero-order valence-electron chi connectivity index (χ0n) is 15.1. The number of fused-ring (bicyclic) bond motifs is 1. The highest BCUT2D eigenvalue weighted by Gasteiger charge is 2.24. The van der Waals surface area contributed by atoms with Crippen LogP contribution in [-0.2, 0) is 4.74 Å². The minimum absolute atomic E-state index is 0. The fourth-order valence-electron chi connectivity index (χ4n) is 3.02. The van der Waals surface area contributed by atoms with Crippen molar-refractivity contribution in [3.8, 4) is 0 Å². The van der Waals surface area contributed by atoms with Crippen molar-refractivity contribution in [2.75, 3.05) is 44.3 Å². The number of aryl methyl sites for hydroxylation is 1. The summed E-state index contributed by atoms with van der Waals surface area (Å²) in [6, 6.07) is 9.57. The average molecular weight is 408 g/mol. The van der Waals surface area contributed by atoms with E-state index in [1.54, 1.807) is 28.4 Å². The lowest BCUT2D eigenvalue weighted by molar-refractivity contribution is 0.0390. The Morgan fingerprint density at radius 1 is 1.30 bits per heavy atom. The first kappa shape index (κ1) is 19.8. The van der Waals surface area contributed by atoms with E-state index in [-0.39, 0.29) is 18.3 Å². The molecule has 27 heavy (non-hydrogen) atoms. The number of hydrogen-bond donors (Lipinski definition) is 0. The normalized spacial score (nSPS) is 14.9. The smallest absolute Gasteiger partial charge is 0.295 e. The second kappa shape index (κ2) is 8.84. The Balaban J connectivity index is 0.00000210. The molecular weight excluding hydrogens is 386 g/mol. The minimum Gasteiger partial charge on any atom is -0.459 e. The van der Waals surface area contributed by atoms with Crippen LogP contribution in [0.4, 0.5) is 5.13 Å². The molecule has 8 heteroatoms. The zero-order valence-corrected chi connectivity index (χ0v) is 16.7. The Kier molecular flexibility index (Phi) is 6.49. The van der Waals surface area contributed by atoms with Gasteiger partial charge in [0.1, 0.15) is 0 Å². The third kappa shape index (κ3) is 4.50. The second-order valence-electron chi connectivity index (χ2n) is 6.36. The maximum Gasteiger partial charge on any atom is 0.295 e. The summed E-state index contributed by atoms with van der Waals surface area (Å²) in [6.45, 7) is 6.68. The molecule has 3 heterocycles. The molecule has 0 radical (unpaired) electrons. The Hall–Kier alpha value is -1.93. The summed E-state index contributed by atoms with van der Waals surface area (Å²) in [7, 11) is 0. The van der Waals surface area contributed by atoms with E-state index in [0.29, 0.717) is 17.4 Å². The van der Waals surface area contributed by atoms with Crippen LogP contribution in [0.15, 0.2) is 41.0 Å². The lowest BCUT2D eigenvalue weighted by Crippen LogP contribution is -2.43. The van der Waals surface area contributed by atoms with Crippen molar-refractivity contribution in [3.05, 3.63) is 47.9 Å². The van der Waals surface area contributed by atoms with Gasteiger partial charge >= 0.3 is 0 Å². The van der Waals surface area contributed by atoms with Crippen molar-refractivity contribution in [2.45, 2.75) is 6.92 Å². The zero-order chi connectivity index (χ0) is 17.9. The molecule has 4 rings (SSSR count). The van der Waals surface area contributed by atoms with Crippen molar-refractivity contribution < 1.29 is 13.9 Å². The molecule has 1 saturated heterocycles. The third-order valence-corrected chi connectivity index (χ3v) is 5.53. The van der Waals surface area contributed by atoms with Crippen LogP contribution in [0.1, 0.15) is 16.1 Å². The fraction of sp³-hybridized carbons (Fsp3) is 0.368. The van der Waals surface area contributed by atoms with E-state index >= 15 is 0 Å². The van der Waals surface area contributed by atoms with Gasteiger partial charge in [-0.15, -0.1) is 12.4 Å². The van der Waals surface area contributed by atoms with E-state index in [4.69, 9.17) is 9.15 Å². The number of halogens is 1. The van der Waals surface area contributed by atoms with Crippen LogP contribution in [0, 0.1) is 6.92 Å². The SMILES string of the molecule is Cc1ccc2nc(N(CCN3CCOCC3)C(=O)c3ccco3)sc2c1.Cl. The first-order chi connectivity index (χ1) is 12.7. The summed E-state index contributed by atoms with van der Waals surface area (Å²) in [5.74, 6) is 0.182. The van der Waals surface area contributed by atoms with Gasteiger partial charge in [0, 0.05) is 26.2 Å². The number of hydrogen-bond acceptors (Lipinski definition) is 6. The van der Waals surface area contributed by atoms with E-state index in [0.717, 1.165) is 43.1 Å². The number of benzene rings is 1. The molecule has 1 aliphatic heterocycles. The molecule has 0 atom stereocenters. The Bertz CT molecular complexity index is 891. The molecule has 1 fully saturated rings. The Labute approximate surface area is 168 Å². The molecule has 0 bridgehead atoms. The van der Waals surface area contributed by atoms with Gasteiger partial charge in [-0.05, 0) is 36.8 Å². The van der Waals surface area contributed by atoms with Gasteiger partial charge in [-0.1, -0.05) is 17.4 Å². The predicted octanol–water partition coefficient (Wildman–Crippen LogP) is 3.60. The van der Waals surface area contributed by atoms with Gasteiger partial charge < -0.3 is 9.15 Å². The summed E-state index contributed by atoms with van der Waals surface area (Å²) in [4.78, 5) is 21.7. The molecule has 1 aromatic carbocycles. The van der Waals surface area contributed by atoms with Crippen LogP contribution in [0.3, 0.4) is 0 Å². The third-order valence-electron chi connectivity index (χ3n) is 4.48. The topological polar surface area (TPSA) is 58.8 Å². The molecule has 0 saturated carbocycles. The molecule has 0 spiro atoms. The Morgan fingerprint density at radius 2 is 2.11 bits per heavy atom. The molecule has 144 valence electrons. The van der Waals surface area contributed by atoms with Gasteiger partial charge in [-0.25, -0.2) is 4.98 Å². The van der Waals surface area contributed by atoms with Crippen LogP contribution in [-0.4, -0.2) is 55.2 Å². The maximum atomic E-state index is 13.0. The number of ether oxygens (including phenoxy) is 1. The number of carbonyl (C=O) groups is 1. The quantitative estimate of drug-likeness (QED) is 0.646. The fourth-order valence-corrected chi connectivity index (χ4v) is 4.11. The molecule has 6 nitrogen and oxygen atoms in total. The Morgan fingerprint density at radius 3 is 2.85 bits per heavy atom. The van der Waals surface area contributed by atoms with Crippen molar-refractivity contribution in [1.29, 1.82) is 0 Å². The molecule has 3 aromatic rings. The molecular formula is C19H22ClN3O3S. The van der Waals surface area contributed by atoms with E-state index in [2.05, 4.69) is 22.9 Å². The first-order valence-corrected chi connectivity index (χ1v) is 9.55. The van der Waals surface area contributed by atoms with Crippen LogP contribution in [0.5, 0.6) is 0 Å². The lowest BCUT2D eigenvalue weighted by atomic mass is 10.2. The number of rotatable bonds is 5. The number of carbonyl (C=O) groups excluding carboxylic acids is 1. The minimum atomic E-state index is -0.154. The highest BCUT2D eigenvalue weighted by atomic mass is 35.5. The second-order valence-corrected chi connectivity index (χ2v) is 7.36. The number of amides is 1. The molecule has 1 aliphatic rings. The van der Waals surface area contributed by atoms with Gasteiger partial charge in [-0.3, -0.25) is 14.6 Å². The van der Waals surface area contributed by atoms with Gasteiger partial charge in [0.05, 0.1) is 29.7 Å². The molecule has 1 amide bonds. The molecule has 2 aromatic heterocycles. The summed E-state index contributed by atoms with van der Waals surface area (Å²) < 4.78 is 11.8. The van der Waals surface area contributed by atoms with E-state index in [9.17, 15) is 4.79 Å². The van der Waals surface area contributed by atoms with Crippen molar-refractivity contribution >= 4 is 45.0 Å².